The van der Waals surface area contributed by atoms with Crippen molar-refractivity contribution in [1.82, 2.24) is 4.98 Å². The van der Waals surface area contributed by atoms with Crippen LogP contribution in [0, 0.1) is 0 Å². The third kappa shape index (κ3) is 3.34. The fraction of sp³-hybridized carbons (Fsp3) is 0.250. The van der Waals surface area contributed by atoms with Crippen LogP contribution in [0.5, 0.6) is 0 Å². The lowest BCUT2D eigenvalue weighted by molar-refractivity contribution is 0.0601. The Morgan fingerprint density at radius 3 is 2.58 bits per heavy atom. The van der Waals surface area contributed by atoms with Crippen molar-refractivity contribution >= 4 is 28.6 Å². The molecule has 4 heteroatoms. The number of carbonyl (C=O) groups excluding carboxylic acids is 1. The molecule has 0 saturated carbocycles. The van der Waals surface area contributed by atoms with Gasteiger partial charge in [-0.1, -0.05) is 37.3 Å². The summed E-state index contributed by atoms with van der Waals surface area (Å²) in [5, 5.41) is 1.27. The van der Waals surface area contributed by atoms with Gasteiger partial charge < -0.3 is 9.72 Å². The molecule has 3 aromatic rings. The molecular weight excluding hydrogens is 318 g/mol. The van der Waals surface area contributed by atoms with E-state index in [2.05, 4.69) is 30.1 Å². The van der Waals surface area contributed by atoms with Gasteiger partial charge in [0.1, 0.15) is 0 Å². The Morgan fingerprint density at radius 2 is 1.88 bits per heavy atom. The molecule has 2 aromatic carbocycles. The van der Waals surface area contributed by atoms with E-state index in [9.17, 15) is 4.79 Å². The molecule has 0 spiro atoms. The second-order valence-corrected chi connectivity index (χ2v) is 6.75. The van der Waals surface area contributed by atoms with Crippen LogP contribution in [0.2, 0.25) is 0 Å². The standard InChI is InChI=1S/C20H21NO2S/c1-3-12-24-13-17-16-6-4-5-7-18(16)21-19(17)14-8-10-15(11-9-14)20(22)23-2/h4-11,21H,3,12-13H2,1-2H3. The van der Waals surface area contributed by atoms with Gasteiger partial charge in [-0.25, -0.2) is 4.79 Å². The zero-order valence-electron chi connectivity index (χ0n) is 14.0. The first-order chi connectivity index (χ1) is 11.7. The fourth-order valence-corrected chi connectivity index (χ4v) is 3.74. The third-order valence-corrected chi connectivity index (χ3v) is 5.19. The summed E-state index contributed by atoms with van der Waals surface area (Å²) in [5.41, 5.74) is 5.27. The van der Waals surface area contributed by atoms with Gasteiger partial charge in [-0.3, -0.25) is 0 Å². The third-order valence-electron chi connectivity index (χ3n) is 4.00. The zero-order valence-corrected chi connectivity index (χ0v) is 14.8. The highest BCUT2D eigenvalue weighted by Crippen LogP contribution is 2.33. The first-order valence-corrected chi connectivity index (χ1v) is 9.26. The lowest BCUT2D eigenvalue weighted by atomic mass is 10.0. The highest BCUT2D eigenvalue weighted by Gasteiger charge is 2.13. The largest absolute Gasteiger partial charge is 0.465 e. The first-order valence-electron chi connectivity index (χ1n) is 8.10. The van der Waals surface area contributed by atoms with Crippen molar-refractivity contribution in [2.75, 3.05) is 12.9 Å². The van der Waals surface area contributed by atoms with E-state index in [1.807, 2.05) is 42.1 Å². The monoisotopic (exact) mass is 339 g/mol. The number of para-hydroxylation sites is 1. The number of hydrogen-bond donors (Lipinski definition) is 1. The zero-order chi connectivity index (χ0) is 16.9. The van der Waals surface area contributed by atoms with Gasteiger partial charge in [0.25, 0.3) is 0 Å². The number of H-pyrrole nitrogens is 1. The molecule has 0 aliphatic carbocycles. The van der Waals surface area contributed by atoms with Gasteiger partial charge in [-0.2, -0.15) is 11.8 Å². The van der Waals surface area contributed by atoms with Crippen LogP contribution in [0.1, 0.15) is 29.3 Å². The van der Waals surface area contributed by atoms with E-state index in [-0.39, 0.29) is 5.97 Å². The van der Waals surface area contributed by atoms with Gasteiger partial charge in [0.2, 0.25) is 0 Å². The molecule has 0 radical (unpaired) electrons. The summed E-state index contributed by atoms with van der Waals surface area (Å²) in [7, 11) is 1.40. The van der Waals surface area contributed by atoms with Gasteiger partial charge in [0.15, 0.2) is 0 Å². The number of aromatic nitrogens is 1. The van der Waals surface area contributed by atoms with Crippen LogP contribution in [-0.2, 0) is 10.5 Å². The van der Waals surface area contributed by atoms with Gasteiger partial charge in [0, 0.05) is 16.7 Å². The van der Waals surface area contributed by atoms with E-state index in [1.54, 1.807) is 0 Å². The molecule has 0 aliphatic rings. The Labute approximate surface area is 146 Å². The van der Waals surface area contributed by atoms with Crippen molar-refractivity contribution in [2.45, 2.75) is 19.1 Å². The summed E-state index contributed by atoms with van der Waals surface area (Å²) in [6.45, 7) is 2.20. The maximum Gasteiger partial charge on any atom is 0.337 e. The minimum Gasteiger partial charge on any atom is -0.465 e. The van der Waals surface area contributed by atoms with Crippen LogP contribution >= 0.6 is 11.8 Å². The molecule has 3 nitrogen and oxygen atoms in total. The van der Waals surface area contributed by atoms with Crippen molar-refractivity contribution in [1.29, 1.82) is 0 Å². The van der Waals surface area contributed by atoms with Crippen LogP contribution in [0.3, 0.4) is 0 Å². The Kier molecular flexibility index (Phi) is 5.26. The highest BCUT2D eigenvalue weighted by molar-refractivity contribution is 7.98. The predicted molar refractivity (Wildman–Crippen MR) is 102 cm³/mol. The number of hydrogen-bond acceptors (Lipinski definition) is 3. The number of nitrogens with one attached hydrogen (secondary N) is 1. The van der Waals surface area contributed by atoms with Crippen molar-refractivity contribution in [3.8, 4) is 11.3 Å². The molecule has 24 heavy (non-hydrogen) atoms. The summed E-state index contributed by atoms with van der Waals surface area (Å²) in [6, 6.07) is 16.0. The minimum absolute atomic E-state index is 0.308. The van der Waals surface area contributed by atoms with E-state index in [1.165, 1.54) is 24.5 Å². The number of fused-ring (bicyclic) bond motifs is 1. The Bertz CT molecular complexity index is 836. The number of rotatable bonds is 6. The van der Waals surface area contributed by atoms with E-state index in [0.717, 1.165) is 28.3 Å². The van der Waals surface area contributed by atoms with Crippen LogP contribution in [0.4, 0.5) is 0 Å². The molecule has 0 amide bonds. The maximum absolute atomic E-state index is 11.6. The molecule has 3 rings (SSSR count). The Morgan fingerprint density at radius 1 is 1.12 bits per heavy atom. The number of ether oxygens (including phenoxy) is 1. The Balaban J connectivity index is 2.01. The number of thioether (sulfide) groups is 1. The summed E-state index contributed by atoms with van der Waals surface area (Å²) >= 11 is 1.95. The molecule has 0 unspecified atom stereocenters. The fourth-order valence-electron chi connectivity index (χ4n) is 2.81. The number of benzene rings is 2. The van der Waals surface area contributed by atoms with Crippen LogP contribution in [0.25, 0.3) is 22.2 Å². The SMILES string of the molecule is CCCSCc1c(-c2ccc(C(=O)OC)cc2)[nH]c2ccccc12. The highest BCUT2D eigenvalue weighted by atomic mass is 32.2. The lowest BCUT2D eigenvalue weighted by Crippen LogP contribution is -2.00. The number of aromatic amines is 1. The average molecular weight is 339 g/mol. The minimum atomic E-state index is -0.308. The molecule has 0 bridgehead atoms. The lowest BCUT2D eigenvalue weighted by Gasteiger charge is -2.06. The maximum atomic E-state index is 11.6. The number of esters is 1. The summed E-state index contributed by atoms with van der Waals surface area (Å²) in [4.78, 5) is 15.2. The second kappa shape index (κ2) is 7.58. The van der Waals surface area contributed by atoms with E-state index in [0.29, 0.717) is 5.56 Å². The van der Waals surface area contributed by atoms with Crippen LogP contribution in [0.15, 0.2) is 48.5 Å². The second-order valence-electron chi connectivity index (χ2n) is 5.65. The van der Waals surface area contributed by atoms with E-state index in [4.69, 9.17) is 4.74 Å². The van der Waals surface area contributed by atoms with Crippen LogP contribution in [-0.4, -0.2) is 23.8 Å². The topological polar surface area (TPSA) is 42.1 Å². The van der Waals surface area contributed by atoms with E-state index >= 15 is 0 Å². The average Bonchev–Trinajstić information content (AvgIpc) is 3.00. The van der Waals surface area contributed by atoms with E-state index < -0.39 is 0 Å². The van der Waals surface area contributed by atoms with Crippen molar-refractivity contribution in [3.05, 3.63) is 59.7 Å². The number of methoxy groups -OCH3 is 1. The van der Waals surface area contributed by atoms with Crippen molar-refractivity contribution < 1.29 is 9.53 Å². The molecule has 1 N–H and O–H groups in total. The normalized spacial score (nSPS) is 10.9. The first kappa shape index (κ1) is 16.7. The van der Waals surface area contributed by atoms with Gasteiger partial charge in [-0.15, -0.1) is 0 Å². The van der Waals surface area contributed by atoms with Gasteiger partial charge in [-0.05, 0) is 41.5 Å². The molecule has 0 fully saturated rings. The molecular formula is C20H21NO2S. The molecule has 0 atom stereocenters. The molecule has 1 aromatic heterocycles. The van der Waals surface area contributed by atoms with Crippen molar-refractivity contribution in [3.63, 3.8) is 0 Å². The quantitative estimate of drug-likeness (QED) is 0.492. The molecule has 1 heterocycles. The van der Waals surface area contributed by atoms with Gasteiger partial charge in [0.05, 0.1) is 18.4 Å². The van der Waals surface area contributed by atoms with Gasteiger partial charge >= 0.3 is 5.97 Å². The summed E-state index contributed by atoms with van der Waals surface area (Å²) in [6.07, 6.45) is 1.18. The van der Waals surface area contributed by atoms with Crippen LogP contribution < -0.4 is 0 Å². The number of carbonyl (C=O) groups is 1. The Hall–Kier alpha value is -2.20. The molecule has 0 saturated heterocycles. The summed E-state index contributed by atoms with van der Waals surface area (Å²) in [5.74, 6) is 1.82. The molecule has 0 aliphatic heterocycles. The van der Waals surface area contributed by atoms with Crippen molar-refractivity contribution in [2.24, 2.45) is 0 Å². The predicted octanol–water partition coefficient (Wildman–Crippen LogP) is 5.26. The summed E-state index contributed by atoms with van der Waals surface area (Å²) < 4.78 is 4.77. The smallest absolute Gasteiger partial charge is 0.337 e. The molecule has 124 valence electrons.